The average Bonchev–Trinajstić information content (AvgIpc) is 2.65. The predicted molar refractivity (Wildman–Crippen MR) is 121 cm³/mol. The molecule has 2 fully saturated rings. The lowest BCUT2D eigenvalue weighted by Gasteiger charge is -2.30. The predicted octanol–water partition coefficient (Wildman–Crippen LogP) is 5.20. The van der Waals surface area contributed by atoms with Crippen molar-refractivity contribution >= 4 is 33.2 Å². The monoisotopic (exact) mass is 382 g/mol. The van der Waals surface area contributed by atoms with E-state index in [4.69, 9.17) is 0 Å². The molecule has 1 aliphatic heterocycles. The Balaban J connectivity index is 1.82. The summed E-state index contributed by atoms with van der Waals surface area (Å²) in [6.45, 7) is 2.18. The first-order valence-electron chi connectivity index (χ1n) is 11.9. The van der Waals surface area contributed by atoms with E-state index in [1.165, 1.54) is 70.6 Å². The average molecular weight is 382 g/mol. The first-order valence-corrected chi connectivity index (χ1v) is 11.9. The molecule has 1 unspecified atom stereocenters. The van der Waals surface area contributed by atoms with Crippen LogP contribution in [0.3, 0.4) is 0 Å². The fourth-order valence-electron chi connectivity index (χ4n) is 4.68. The summed E-state index contributed by atoms with van der Waals surface area (Å²) in [5.74, 6) is 0.459. The largest absolute Gasteiger partial charge is 0.296 e. The Kier molecular flexibility index (Phi) is 11.4. The lowest BCUT2D eigenvalue weighted by Crippen LogP contribution is -2.36. The van der Waals surface area contributed by atoms with E-state index in [9.17, 15) is 9.59 Å². The van der Waals surface area contributed by atoms with Crippen molar-refractivity contribution in [3.63, 3.8) is 0 Å². The highest BCUT2D eigenvalue weighted by Crippen LogP contribution is 2.36. The molecule has 0 aromatic carbocycles. The highest BCUT2D eigenvalue weighted by molar-refractivity contribution is 7.30. The van der Waals surface area contributed by atoms with Crippen molar-refractivity contribution in [2.24, 2.45) is 0 Å². The number of imide groups is 1. The van der Waals surface area contributed by atoms with Gasteiger partial charge in [-0.1, -0.05) is 108 Å². The summed E-state index contributed by atoms with van der Waals surface area (Å²) in [5, 5.41) is 2.44. The molecule has 153 valence electrons. The van der Waals surface area contributed by atoms with E-state index >= 15 is 0 Å². The van der Waals surface area contributed by atoms with Gasteiger partial charge in [0.2, 0.25) is 11.8 Å². The lowest BCUT2D eigenvalue weighted by molar-refractivity contribution is -0.130. The maximum absolute atomic E-state index is 12.4. The van der Waals surface area contributed by atoms with Crippen LogP contribution in [0.15, 0.2) is 0 Å². The van der Waals surface area contributed by atoms with Crippen LogP contribution in [0.25, 0.3) is 0 Å². The van der Waals surface area contributed by atoms with Crippen molar-refractivity contribution in [1.29, 1.82) is 0 Å². The maximum Gasteiger partial charge on any atom is 0.226 e. The van der Waals surface area contributed by atoms with E-state index in [1.807, 2.05) is 0 Å². The number of carbonyl (C=O) groups excluding carboxylic acids is 2. The van der Waals surface area contributed by atoms with Crippen LogP contribution in [-0.4, -0.2) is 33.2 Å². The van der Waals surface area contributed by atoms with Gasteiger partial charge in [0.25, 0.3) is 0 Å². The fourth-order valence-corrected chi connectivity index (χ4v) is 4.68. The molecule has 1 saturated heterocycles. The summed E-state index contributed by atoms with van der Waals surface area (Å²) in [6.07, 6.45) is 19.7. The van der Waals surface area contributed by atoms with E-state index in [0.29, 0.717) is 18.7 Å². The van der Waals surface area contributed by atoms with Gasteiger partial charge < -0.3 is 0 Å². The van der Waals surface area contributed by atoms with Gasteiger partial charge in [-0.3, -0.25) is 14.9 Å². The fraction of sp³-hybridized carbons (Fsp3) is 0.909. The third-order valence-corrected chi connectivity index (χ3v) is 6.53. The lowest BCUT2D eigenvalue weighted by atomic mass is 9.11. The van der Waals surface area contributed by atoms with Gasteiger partial charge in [0.1, 0.15) is 0 Å². The van der Waals surface area contributed by atoms with E-state index in [-0.39, 0.29) is 17.1 Å². The summed E-state index contributed by atoms with van der Waals surface area (Å²) in [4.78, 5) is 24.3. The van der Waals surface area contributed by atoms with Gasteiger partial charge in [0.15, 0.2) is 0 Å². The SMILES string of the molecule is CC1([B][B][B]C2CCCCCCCCC2)CCCCCCCC(=O)NC(=O)C1. The van der Waals surface area contributed by atoms with E-state index in [2.05, 4.69) is 33.6 Å². The number of amides is 2. The topological polar surface area (TPSA) is 46.2 Å². The Labute approximate surface area is 175 Å². The quantitative estimate of drug-likeness (QED) is 0.537. The smallest absolute Gasteiger partial charge is 0.226 e. The van der Waals surface area contributed by atoms with Crippen LogP contribution in [0.1, 0.15) is 116 Å². The third-order valence-electron chi connectivity index (χ3n) is 6.53. The molecule has 0 spiro atoms. The van der Waals surface area contributed by atoms with Crippen molar-refractivity contribution in [1.82, 2.24) is 5.32 Å². The molecule has 3 radical (unpaired) electrons. The van der Waals surface area contributed by atoms with Gasteiger partial charge in [-0.2, -0.15) is 0 Å². The molecule has 0 aromatic rings. The van der Waals surface area contributed by atoms with Crippen LogP contribution in [0.4, 0.5) is 0 Å². The summed E-state index contributed by atoms with van der Waals surface area (Å²) in [6, 6.07) is 0. The molecule has 2 rings (SSSR count). The second kappa shape index (κ2) is 13.5. The Morgan fingerprint density at radius 2 is 1.36 bits per heavy atom. The molecule has 1 aliphatic carbocycles. The molecule has 1 saturated carbocycles. The van der Waals surface area contributed by atoms with Gasteiger partial charge in [-0.25, -0.2) is 0 Å². The number of nitrogens with one attached hydrogen (secondary N) is 1. The molecule has 6 heteroatoms. The van der Waals surface area contributed by atoms with Gasteiger partial charge >= 0.3 is 0 Å². The molecule has 0 bridgehead atoms. The van der Waals surface area contributed by atoms with Crippen molar-refractivity contribution < 1.29 is 9.59 Å². The maximum atomic E-state index is 12.4. The summed E-state index contributed by atoms with van der Waals surface area (Å²) in [7, 11) is 6.88. The van der Waals surface area contributed by atoms with Crippen molar-refractivity contribution in [2.45, 2.75) is 127 Å². The highest BCUT2D eigenvalue weighted by Gasteiger charge is 2.28. The third kappa shape index (κ3) is 10.2. The van der Waals surface area contributed by atoms with E-state index < -0.39 is 0 Å². The van der Waals surface area contributed by atoms with Gasteiger partial charge in [-0.05, 0) is 6.42 Å². The van der Waals surface area contributed by atoms with Gasteiger partial charge in [0, 0.05) is 19.9 Å². The standard InChI is InChI=1S/C22H39B3NO2/c1-22(17-13-9-5-8-12-16-20(27)26-21(28)18-22)24-25-23-19-14-10-6-3-2-4-7-11-15-19/h19H,2-18H2,1H3,(H,26,27,28). The van der Waals surface area contributed by atoms with Crippen molar-refractivity contribution in [3.8, 4) is 0 Å². The van der Waals surface area contributed by atoms with Crippen LogP contribution >= 0.6 is 0 Å². The molecule has 2 aliphatic rings. The minimum absolute atomic E-state index is 0.107. The molecule has 1 atom stereocenters. The molecule has 28 heavy (non-hydrogen) atoms. The minimum Gasteiger partial charge on any atom is -0.296 e. The second-order valence-electron chi connectivity index (χ2n) is 9.43. The van der Waals surface area contributed by atoms with Crippen molar-refractivity contribution in [2.75, 3.05) is 0 Å². The number of rotatable bonds is 4. The number of hydrogen-bond donors (Lipinski definition) is 1. The van der Waals surface area contributed by atoms with Crippen LogP contribution in [0.2, 0.25) is 11.1 Å². The van der Waals surface area contributed by atoms with Gasteiger partial charge in [0.05, 0.1) is 14.3 Å². The summed E-state index contributed by atoms with van der Waals surface area (Å²) >= 11 is 0. The Morgan fingerprint density at radius 1 is 0.786 bits per heavy atom. The zero-order valence-electron chi connectivity index (χ0n) is 18.1. The Morgan fingerprint density at radius 3 is 2.04 bits per heavy atom. The Bertz CT molecular complexity index is 465. The molecular weight excluding hydrogens is 343 g/mol. The molecule has 3 nitrogen and oxygen atoms in total. The van der Waals surface area contributed by atoms with E-state index in [1.54, 1.807) is 0 Å². The van der Waals surface area contributed by atoms with Crippen LogP contribution < -0.4 is 5.32 Å². The zero-order chi connectivity index (χ0) is 20.1. The first-order chi connectivity index (χ1) is 13.6. The van der Waals surface area contributed by atoms with Crippen LogP contribution in [0, 0.1) is 0 Å². The van der Waals surface area contributed by atoms with E-state index in [0.717, 1.165) is 25.7 Å². The Hall–Kier alpha value is -0.665. The summed E-state index contributed by atoms with van der Waals surface area (Å²) < 4.78 is 0. The van der Waals surface area contributed by atoms with Gasteiger partial charge in [-0.15, -0.1) is 0 Å². The number of hydrogen-bond acceptors (Lipinski definition) is 2. The molecular formula is C22H39B3NO2. The highest BCUT2D eigenvalue weighted by atomic mass is 16.2. The summed E-state index contributed by atoms with van der Waals surface area (Å²) in [5.41, 5.74) is 0. The van der Waals surface area contributed by atoms with Crippen LogP contribution in [0.5, 0.6) is 0 Å². The normalized spacial score (nSPS) is 27.6. The molecule has 1 N–H and O–H groups in total. The molecule has 1 heterocycles. The molecule has 2 amide bonds. The van der Waals surface area contributed by atoms with Crippen molar-refractivity contribution in [3.05, 3.63) is 0 Å². The van der Waals surface area contributed by atoms with Crippen LogP contribution in [-0.2, 0) is 9.59 Å². The zero-order valence-corrected chi connectivity index (χ0v) is 18.1. The number of carbonyl (C=O) groups is 2. The first kappa shape index (κ1) is 23.6. The minimum atomic E-state index is -0.157. The second-order valence-corrected chi connectivity index (χ2v) is 9.43. The molecule has 0 aromatic heterocycles.